The van der Waals surface area contributed by atoms with E-state index in [0.29, 0.717) is 23.7 Å². The summed E-state index contributed by atoms with van der Waals surface area (Å²) in [6.45, 7) is 4.27. The van der Waals surface area contributed by atoms with Crippen LogP contribution in [0.1, 0.15) is 37.0 Å². The molecule has 0 fully saturated rings. The maximum absolute atomic E-state index is 13.0. The highest BCUT2D eigenvalue weighted by Crippen LogP contribution is 2.32. The molecule has 0 aromatic heterocycles. The van der Waals surface area contributed by atoms with Crippen LogP contribution < -0.4 is 9.57 Å². The lowest BCUT2D eigenvalue weighted by molar-refractivity contribution is -0.395. The Morgan fingerprint density at radius 3 is 2.27 bits per heavy atom. The molecule has 0 bridgehead atoms. The number of hydrogen-bond donors (Lipinski definition) is 0. The van der Waals surface area contributed by atoms with Crippen molar-refractivity contribution in [1.82, 2.24) is 5.06 Å². The summed E-state index contributed by atoms with van der Waals surface area (Å²) in [6.07, 6.45) is 1.43. The zero-order chi connectivity index (χ0) is 22.3. The average molecular weight is 417 g/mol. The quantitative estimate of drug-likeness (QED) is 0.415. The van der Waals surface area contributed by atoms with E-state index in [1.807, 2.05) is 13.8 Å². The van der Waals surface area contributed by atoms with Crippen LogP contribution in [0, 0.1) is 26.1 Å². The minimum atomic E-state index is -0.785. The number of benzene rings is 2. The number of nitro benzene ring substituents is 2. The predicted molar refractivity (Wildman–Crippen MR) is 108 cm³/mol. The van der Waals surface area contributed by atoms with E-state index in [0.717, 1.165) is 29.7 Å². The number of methoxy groups -OCH3 is 1. The summed E-state index contributed by atoms with van der Waals surface area (Å²) in [6, 6.07) is 9.37. The fraction of sp³-hybridized carbons (Fsp3) is 0.350. The van der Waals surface area contributed by atoms with E-state index in [2.05, 4.69) is 0 Å². The van der Waals surface area contributed by atoms with E-state index in [4.69, 9.17) is 9.57 Å². The van der Waals surface area contributed by atoms with Crippen LogP contribution in [0.25, 0.3) is 0 Å². The van der Waals surface area contributed by atoms with E-state index < -0.39 is 27.1 Å². The van der Waals surface area contributed by atoms with E-state index in [-0.39, 0.29) is 12.3 Å². The van der Waals surface area contributed by atoms with E-state index in [1.54, 1.807) is 24.3 Å². The molecule has 0 spiro atoms. The number of hydroxylamine groups is 2. The van der Waals surface area contributed by atoms with Crippen molar-refractivity contribution in [3.05, 3.63) is 68.3 Å². The second-order valence-electron chi connectivity index (χ2n) is 6.93. The van der Waals surface area contributed by atoms with Gasteiger partial charge >= 0.3 is 5.69 Å². The fourth-order valence-electron chi connectivity index (χ4n) is 2.67. The third kappa shape index (κ3) is 5.90. The van der Waals surface area contributed by atoms with Crippen molar-refractivity contribution < 1.29 is 24.2 Å². The highest BCUT2D eigenvalue weighted by atomic mass is 16.7. The lowest BCUT2D eigenvalue weighted by Gasteiger charge is -2.23. The van der Waals surface area contributed by atoms with Gasteiger partial charge in [0.15, 0.2) is 0 Å². The standard InChI is InChI=1S/C20H23N3O7/c1-14(2)5-4-12-21(20(24)15-6-9-17(29-3)10-7-15)30-19-11-8-16(22(25)26)13-18(19)23(27)28/h6-11,13-14H,4-5,12H2,1-3H3. The minimum absolute atomic E-state index is 0.192. The largest absolute Gasteiger partial charge is 0.497 e. The number of hydrogen-bond acceptors (Lipinski definition) is 7. The molecule has 0 aliphatic carbocycles. The highest BCUT2D eigenvalue weighted by molar-refractivity contribution is 5.93. The molecule has 2 rings (SSSR count). The molecule has 0 radical (unpaired) electrons. The number of nitro groups is 2. The molecule has 0 aliphatic heterocycles. The van der Waals surface area contributed by atoms with Crippen LogP contribution in [0.5, 0.6) is 11.5 Å². The van der Waals surface area contributed by atoms with Crippen LogP contribution in [0.3, 0.4) is 0 Å². The molecule has 160 valence electrons. The smallest absolute Gasteiger partial charge is 0.321 e. The summed E-state index contributed by atoms with van der Waals surface area (Å²) >= 11 is 0. The van der Waals surface area contributed by atoms with Gasteiger partial charge in [0.1, 0.15) is 5.75 Å². The Morgan fingerprint density at radius 1 is 1.07 bits per heavy atom. The molecule has 0 saturated carbocycles. The summed E-state index contributed by atoms with van der Waals surface area (Å²) < 4.78 is 5.08. The molecule has 2 aromatic rings. The van der Waals surface area contributed by atoms with E-state index in [1.165, 1.54) is 7.11 Å². The van der Waals surface area contributed by atoms with Gasteiger partial charge in [-0.05, 0) is 49.1 Å². The Kier molecular flexibility index (Phi) is 7.68. The molecule has 0 heterocycles. The fourth-order valence-corrected chi connectivity index (χ4v) is 2.67. The van der Waals surface area contributed by atoms with Gasteiger partial charge in [0, 0.05) is 11.6 Å². The summed E-state index contributed by atoms with van der Waals surface area (Å²) in [5.74, 6) is 0.229. The van der Waals surface area contributed by atoms with Gasteiger partial charge in [-0.2, -0.15) is 5.06 Å². The van der Waals surface area contributed by atoms with Crippen LogP contribution in [0.15, 0.2) is 42.5 Å². The number of nitrogens with zero attached hydrogens (tertiary/aromatic N) is 3. The van der Waals surface area contributed by atoms with Crippen molar-refractivity contribution >= 4 is 17.3 Å². The molecular weight excluding hydrogens is 394 g/mol. The molecule has 1 amide bonds. The summed E-state index contributed by atoms with van der Waals surface area (Å²) in [7, 11) is 1.51. The number of carbonyl (C=O) groups is 1. The Bertz CT molecular complexity index is 913. The number of ether oxygens (including phenoxy) is 1. The minimum Gasteiger partial charge on any atom is -0.497 e. The lowest BCUT2D eigenvalue weighted by atomic mass is 10.1. The molecule has 0 atom stereocenters. The summed E-state index contributed by atoms with van der Waals surface area (Å²) in [5.41, 5.74) is -0.729. The van der Waals surface area contributed by atoms with Crippen LogP contribution >= 0.6 is 0 Å². The van der Waals surface area contributed by atoms with Crippen molar-refractivity contribution in [1.29, 1.82) is 0 Å². The van der Waals surface area contributed by atoms with Gasteiger partial charge in [0.2, 0.25) is 5.75 Å². The number of carbonyl (C=O) groups excluding carboxylic acids is 1. The molecule has 30 heavy (non-hydrogen) atoms. The molecular formula is C20H23N3O7. The number of amides is 1. The third-order valence-electron chi connectivity index (χ3n) is 4.26. The second kappa shape index (κ2) is 10.2. The maximum atomic E-state index is 13.0. The molecule has 0 saturated heterocycles. The Labute approximate surface area is 173 Å². The van der Waals surface area contributed by atoms with Gasteiger partial charge in [0.05, 0.1) is 29.6 Å². The maximum Gasteiger partial charge on any atom is 0.321 e. The predicted octanol–water partition coefficient (Wildman–Crippen LogP) is 4.38. The van der Waals surface area contributed by atoms with Gasteiger partial charge in [-0.15, -0.1) is 0 Å². The van der Waals surface area contributed by atoms with Crippen molar-refractivity contribution in [2.75, 3.05) is 13.7 Å². The zero-order valence-corrected chi connectivity index (χ0v) is 16.9. The average Bonchev–Trinajstić information content (AvgIpc) is 2.72. The number of rotatable bonds is 10. The van der Waals surface area contributed by atoms with Gasteiger partial charge in [-0.3, -0.25) is 25.0 Å². The highest BCUT2D eigenvalue weighted by Gasteiger charge is 2.25. The first-order chi connectivity index (χ1) is 14.2. The normalized spacial score (nSPS) is 10.5. The first-order valence-corrected chi connectivity index (χ1v) is 9.29. The van der Waals surface area contributed by atoms with E-state index in [9.17, 15) is 25.0 Å². The van der Waals surface area contributed by atoms with E-state index >= 15 is 0 Å². The monoisotopic (exact) mass is 417 g/mol. The molecule has 2 aromatic carbocycles. The van der Waals surface area contributed by atoms with Crippen LogP contribution in [0.2, 0.25) is 0 Å². The Hall–Kier alpha value is -3.69. The van der Waals surface area contributed by atoms with Crippen LogP contribution in [-0.2, 0) is 0 Å². The van der Waals surface area contributed by atoms with Gasteiger partial charge in [-0.1, -0.05) is 13.8 Å². The topological polar surface area (TPSA) is 125 Å². The molecule has 10 heteroatoms. The molecule has 0 aliphatic rings. The molecule has 10 nitrogen and oxygen atoms in total. The first-order valence-electron chi connectivity index (χ1n) is 9.29. The third-order valence-corrected chi connectivity index (χ3v) is 4.26. The second-order valence-corrected chi connectivity index (χ2v) is 6.93. The first kappa shape index (κ1) is 22.6. The van der Waals surface area contributed by atoms with Crippen molar-refractivity contribution in [2.24, 2.45) is 5.92 Å². The van der Waals surface area contributed by atoms with Gasteiger partial charge in [-0.25, -0.2) is 0 Å². The summed E-state index contributed by atoms with van der Waals surface area (Å²) in [5, 5.41) is 23.3. The van der Waals surface area contributed by atoms with Crippen molar-refractivity contribution in [2.45, 2.75) is 26.7 Å². The van der Waals surface area contributed by atoms with Gasteiger partial charge < -0.3 is 9.57 Å². The zero-order valence-electron chi connectivity index (χ0n) is 16.9. The van der Waals surface area contributed by atoms with Gasteiger partial charge in [0.25, 0.3) is 11.6 Å². The van der Waals surface area contributed by atoms with Crippen LogP contribution in [0.4, 0.5) is 11.4 Å². The lowest BCUT2D eigenvalue weighted by Crippen LogP contribution is -2.35. The Balaban J connectivity index is 2.33. The Morgan fingerprint density at radius 2 is 1.73 bits per heavy atom. The number of non-ortho nitro benzene ring substituents is 1. The van der Waals surface area contributed by atoms with Crippen molar-refractivity contribution in [3.8, 4) is 11.5 Å². The molecule has 0 unspecified atom stereocenters. The summed E-state index contributed by atoms with van der Waals surface area (Å²) in [4.78, 5) is 39.3. The van der Waals surface area contributed by atoms with Crippen LogP contribution in [-0.4, -0.2) is 34.5 Å². The SMILES string of the molecule is COc1ccc(C(=O)N(CCCC(C)C)Oc2ccc([N+](=O)[O-])cc2[N+](=O)[O-])cc1. The molecule has 0 N–H and O–H groups in total. The van der Waals surface area contributed by atoms with Crippen molar-refractivity contribution in [3.63, 3.8) is 0 Å².